The normalized spacial score (nSPS) is 21.5. The maximum atomic E-state index is 13.4. The molecule has 4 rings (SSSR count). The first kappa shape index (κ1) is 20.0. The van der Waals surface area contributed by atoms with Crippen molar-refractivity contribution < 1.29 is 30.7 Å². The highest BCUT2D eigenvalue weighted by Crippen LogP contribution is 2.48. The van der Waals surface area contributed by atoms with Crippen LogP contribution < -0.4 is 10.6 Å². The summed E-state index contributed by atoms with van der Waals surface area (Å²) in [6.45, 7) is 0. The standard InChI is InChI=1S/C15H13F7N6S/c16-13(17)1-6(2-13)28(7-3-14(18,19)4-7)12-26-9(25-11(23)27-12)8-5-29-10(24-8)15(20,21)22/h5-7H,1-4H2,(H2,23,25,26,27). The van der Waals surface area contributed by atoms with Crippen molar-refractivity contribution in [2.45, 2.75) is 55.8 Å². The van der Waals surface area contributed by atoms with Crippen molar-refractivity contribution in [2.75, 3.05) is 10.6 Å². The molecule has 158 valence electrons. The molecule has 0 amide bonds. The summed E-state index contributed by atoms with van der Waals surface area (Å²) in [5, 5.41) is -0.0528. The number of hydrogen-bond acceptors (Lipinski definition) is 7. The Balaban J connectivity index is 1.67. The number of nitrogen functional groups attached to an aromatic ring is 1. The van der Waals surface area contributed by atoms with Crippen LogP contribution in [0.1, 0.15) is 30.7 Å². The fourth-order valence-corrected chi connectivity index (χ4v) is 4.06. The molecule has 0 aromatic carbocycles. The second-order valence-electron chi connectivity index (χ2n) is 7.10. The Morgan fingerprint density at radius 2 is 1.48 bits per heavy atom. The van der Waals surface area contributed by atoms with E-state index < -0.39 is 60.8 Å². The molecule has 2 N–H and O–H groups in total. The van der Waals surface area contributed by atoms with Crippen molar-refractivity contribution in [3.8, 4) is 11.5 Å². The van der Waals surface area contributed by atoms with E-state index in [0.717, 1.165) is 5.38 Å². The van der Waals surface area contributed by atoms with Gasteiger partial charge in [-0.1, -0.05) is 0 Å². The van der Waals surface area contributed by atoms with Crippen molar-refractivity contribution in [3.63, 3.8) is 0 Å². The first-order valence-electron chi connectivity index (χ1n) is 8.42. The third-order valence-electron chi connectivity index (χ3n) is 4.77. The third kappa shape index (κ3) is 3.94. The van der Waals surface area contributed by atoms with Gasteiger partial charge in [-0.25, -0.2) is 22.5 Å². The van der Waals surface area contributed by atoms with Gasteiger partial charge in [0.2, 0.25) is 11.9 Å². The highest BCUT2D eigenvalue weighted by atomic mass is 32.1. The number of halogens is 7. The summed E-state index contributed by atoms with van der Waals surface area (Å²) in [4.78, 5) is 16.3. The topological polar surface area (TPSA) is 80.8 Å². The molecule has 0 aliphatic heterocycles. The van der Waals surface area contributed by atoms with Crippen LogP contribution in [0, 0.1) is 0 Å². The van der Waals surface area contributed by atoms with Crippen LogP contribution in [0.4, 0.5) is 42.6 Å². The fourth-order valence-electron chi connectivity index (χ4n) is 3.39. The summed E-state index contributed by atoms with van der Waals surface area (Å²) in [6, 6.07) is -1.58. The lowest BCUT2D eigenvalue weighted by atomic mass is 9.80. The molecule has 29 heavy (non-hydrogen) atoms. The molecule has 0 radical (unpaired) electrons. The molecule has 2 saturated carbocycles. The number of thiazole rings is 1. The molecule has 0 bridgehead atoms. The molecule has 0 atom stereocenters. The Labute approximate surface area is 163 Å². The number of alkyl halides is 7. The van der Waals surface area contributed by atoms with E-state index in [2.05, 4.69) is 19.9 Å². The van der Waals surface area contributed by atoms with Gasteiger partial charge in [0, 0.05) is 43.1 Å². The minimum Gasteiger partial charge on any atom is -0.368 e. The lowest BCUT2D eigenvalue weighted by molar-refractivity contribution is -0.137. The smallest absolute Gasteiger partial charge is 0.368 e. The first-order chi connectivity index (χ1) is 13.3. The van der Waals surface area contributed by atoms with Crippen LogP contribution in [0.15, 0.2) is 5.38 Å². The molecule has 2 heterocycles. The van der Waals surface area contributed by atoms with Crippen molar-refractivity contribution in [3.05, 3.63) is 10.4 Å². The van der Waals surface area contributed by atoms with Crippen LogP contribution in [0.3, 0.4) is 0 Å². The van der Waals surface area contributed by atoms with Gasteiger partial charge in [0.15, 0.2) is 10.8 Å². The molecular weight excluding hydrogens is 429 g/mol. The van der Waals surface area contributed by atoms with Gasteiger partial charge < -0.3 is 10.6 Å². The van der Waals surface area contributed by atoms with E-state index in [-0.39, 0.29) is 23.4 Å². The minimum atomic E-state index is -4.66. The molecule has 14 heteroatoms. The van der Waals surface area contributed by atoms with Crippen molar-refractivity contribution in [1.29, 1.82) is 0 Å². The zero-order chi connectivity index (χ0) is 21.2. The minimum absolute atomic E-state index is 0.226. The summed E-state index contributed by atoms with van der Waals surface area (Å²) < 4.78 is 91.9. The predicted octanol–water partition coefficient (Wildman–Crippen LogP) is 4.00. The fraction of sp³-hybridized carbons (Fsp3) is 0.600. The molecule has 2 aromatic rings. The molecule has 2 aliphatic carbocycles. The van der Waals surface area contributed by atoms with Gasteiger partial charge in [-0.15, -0.1) is 11.3 Å². The zero-order valence-electron chi connectivity index (χ0n) is 14.4. The SMILES string of the molecule is Nc1nc(-c2csc(C(F)(F)F)n2)nc(N(C2CC(F)(F)C2)C2CC(F)(F)C2)n1. The maximum absolute atomic E-state index is 13.4. The Morgan fingerprint density at radius 1 is 0.931 bits per heavy atom. The van der Waals surface area contributed by atoms with Crippen LogP contribution in [-0.2, 0) is 6.18 Å². The van der Waals surface area contributed by atoms with Gasteiger partial charge in [-0.2, -0.15) is 28.1 Å². The number of rotatable bonds is 4. The van der Waals surface area contributed by atoms with Crippen LogP contribution >= 0.6 is 11.3 Å². The van der Waals surface area contributed by atoms with E-state index in [0.29, 0.717) is 11.3 Å². The quantitative estimate of drug-likeness (QED) is 0.722. The van der Waals surface area contributed by atoms with Crippen LogP contribution in [0.5, 0.6) is 0 Å². The highest BCUT2D eigenvalue weighted by Gasteiger charge is 2.55. The Morgan fingerprint density at radius 3 is 1.93 bits per heavy atom. The Hall–Kier alpha value is -2.25. The number of nitrogens with zero attached hydrogens (tertiary/aromatic N) is 5. The van der Waals surface area contributed by atoms with Crippen LogP contribution in [-0.4, -0.2) is 43.9 Å². The highest BCUT2D eigenvalue weighted by molar-refractivity contribution is 7.10. The maximum Gasteiger partial charge on any atom is 0.443 e. The van der Waals surface area contributed by atoms with E-state index in [9.17, 15) is 30.7 Å². The molecule has 6 nitrogen and oxygen atoms in total. The van der Waals surface area contributed by atoms with Gasteiger partial charge in [0.25, 0.3) is 11.8 Å². The van der Waals surface area contributed by atoms with E-state index in [1.54, 1.807) is 0 Å². The van der Waals surface area contributed by atoms with E-state index >= 15 is 0 Å². The lowest BCUT2D eigenvalue weighted by Crippen LogP contribution is -2.60. The van der Waals surface area contributed by atoms with Crippen LogP contribution in [0.2, 0.25) is 0 Å². The second-order valence-corrected chi connectivity index (χ2v) is 7.95. The number of anilines is 2. The van der Waals surface area contributed by atoms with E-state index in [1.165, 1.54) is 4.90 Å². The Bertz CT molecular complexity index is 890. The number of nitrogens with two attached hydrogens (primary N) is 1. The zero-order valence-corrected chi connectivity index (χ0v) is 15.2. The average Bonchev–Trinajstić information content (AvgIpc) is 3.01. The van der Waals surface area contributed by atoms with Gasteiger partial charge >= 0.3 is 6.18 Å². The summed E-state index contributed by atoms with van der Waals surface area (Å²) in [5.74, 6) is -6.74. The number of hydrogen-bond donors (Lipinski definition) is 1. The molecule has 2 fully saturated rings. The largest absolute Gasteiger partial charge is 0.443 e. The van der Waals surface area contributed by atoms with Gasteiger partial charge in [0.05, 0.1) is 0 Å². The van der Waals surface area contributed by atoms with Gasteiger partial charge in [0.1, 0.15) is 5.69 Å². The molecular formula is C15H13F7N6S. The number of aromatic nitrogens is 4. The molecule has 0 spiro atoms. The average molecular weight is 442 g/mol. The molecule has 0 unspecified atom stereocenters. The summed E-state index contributed by atoms with van der Waals surface area (Å²) in [5.41, 5.74) is 5.39. The first-order valence-corrected chi connectivity index (χ1v) is 9.30. The summed E-state index contributed by atoms with van der Waals surface area (Å²) in [7, 11) is 0. The second kappa shape index (κ2) is 6.37. The molecule has 2 aliphatic rings. The predicted molar refractivity (Wildman–Crippen MR) is 88.8 cm³/mol. The third-order valence-corrected chi connectivity index (χ3v) is 5.66. The molecule has 2 aromatic heterocycles. The summed E-state index contributed by atoms with van der Waals surface area (Å²) >= 11 is 0.326. The molecule has 0 saturated heterocycles. The van der Waals surface area contributed by atoms with Crippen molar-refractivity contribution >= 4 is 23.2 Å². The van der Waals surface area contributed by atoms with Crippen molar-refractivity contribution in [2.24, 2.45) is 0 Å². The van der Waals surface area contributed by atoms with E-state index in [1.807, 2.05) is 0 Å². The van der Waals surface area contributed by atoms with Crippen molar-refractivity contribution in [1.82, 2.24) is 19.9 Å². The van der Waals surface area contributed by atoms with Gasteiger partial charge in [-0.3, -0.25) is 0 Å². The van der Waals surface area contributed by atoms with Crippen LogP contribution in [0.25, 0.3) is 11.5 Å². The lowest BCUT2D eigenvalue weighted by Gasteiger charge is -2.50. The van der Waals surface area contributed by atoms with E-state index in [4.69, 9.17) is 5.73 Å². The summed E-state index contributed by atoms with van der Waals surface area (Å²) in [6.07, 6.45) is -6.92. The monoisotopic (exact) mass is 442 g/mol. The van der Waals surface area contributed by atoms with Gasteiger partial charge in [-0.05, 0) is 0 Å². The Kier molecular flexibility index (Phi) is 4.40.